The SMILES string of the molecule is Cc1occc1-c1cc(NCc2cccc(Cl)c2)n(CCO)n1. The molecular weight excluding hydrogens is 314 g/mol. The van der Waals surface area contributed by atoms with Gasteiger partial charge in [0.05, 0.1) is 25.1 Å². The Bertz CT molecular complexity index is 795. The number of aliphatic hydroxyl groups is 1. The van der Waals surface area contributed by atoms with Gasteiger partial charge in [-0.15, -0.1) is 0 Å². The van der Waals surface area contributed by atoms with E-state index in [9.17, 15) is 5.11 Å². The smallest absolute Gasteiger partial charge is 0.125 e. The lowest BCUT2D eigenvalue weighted by Gasteiger charge is -2.08. The van der Waals surface area contributed by atoms with Gasteiger partial charge in [0.1, 0.15) is 11.6 Å². The molecule has 0 aliphatic rings. The Labute approximate surface area is 139 Å². The number of hydrogen-bond donors (Lipinski definition) is 2. The van der Waals surface area contributed by atoms with Gasteiger partial charge in [-0.1, -0.05) is 23.7 Å². The molecule has 0 unspecified atom stereocenters. The Morgan fingerprint density at radius 3 is 2.87 bits per heavy atom. The number of aliphatic hydroxyl groups excluding tert-OH is 1. The summed E-state index contributed by atoms with van der Waals surface area (Å²) in [5.41, 5.74) is 2.85. The largest absolute Gasteiger partial charge is 0.469 e. The van der Waals surface area contributed by atoms with Gasteiger partial charge in [-0.05, 0) is 30.7 Å². The van der Waals surface area contributed by atoms with E-state index in [2.05, 4.69) is 10.4 Å². The number of anilines is 1. The summed E-state index contributed by atoms with van der Waals surface area (Å²) in [6.07, 6.45) is 1.65. The second kappa shape index (κ2) is 6.89. The molecule has 0 saturated heterocycles. The number of nitrogens with one attached hydrogen (secondary N) is 1. The van der Waals surface area contributed by atoms with Crippen LogP contribution in [-0.2, 0) is 13.1 Å². The molecule has 3 aromatic rings. The van der Waals surface area contributed by atoms with Crippen molar-refractivity contribution in [2.24, 2.45) is 0 Å². The first-order valence-electron chi connectivity index (χ1n) is 7.39. The molecule has 2 N–H and O–H groups in total. The van der Waals surface area contributed by atoms with Crippen LogP contribution in [0.1, 0.15) is 11.3 Å². The molecule has 3 rings (SSSR count). The molecule has 23 heavy (non-hydrogen) atoms. The fourth-order valence-electron chi connectivity index (χ4n) is 2.45. The predicted molar refractivity (Wildman–Crippen MR) is 90.5 cm³/mol. The third-order valence-electron chi connectivity index (χ3n) is 3.59. The van der Waals surface area contributed by atoms with E-state index < -0.39 is 0 Å². The molecule has 0 spiro atoms. The van der Waals surface area contributed by atoms with Crippen molar-refractivity contribution in [2.75, 3.05) is 11.9 Å². The maximum atomic E-state index is 9.24. The zero-order valence-corrected chi connectivity index (χ0v) is 13.5. The van der Waals surface area contributed by atoms with E-state index >= 15 is 0 Å². The Morgan fingerprint density at radius 1 is 1.30 bits per heavy atom. The summed E-state index contributed by atoms with van der Waals surface area (Å²) in [7, 11) is 0. The number of rotatable bonds is 6. The van der Waals surface area contributed by atoms with Gasteiger partial charge in [0.2, 0.25) is 0 Å². The third kappa shape index (κ3) is 3.57. The lowest BCUT2D eigenvalue weighted by Crippen LogP contribution is -2.10. The molecule has 0 fully saturated rings. The molecule has 5 nitrogen and oxygen atoms in total. The molecule has 0 aliphatic heterocycles. The number of halogens is 1. The van der Waals surface area contributed by atoms with Crippen LogP contribution in [0.5, 0.6) is 0 Å². The van der Waals surface area contributed by atoms with Crippen LogP contribution in [0.2, 0.25) is 5.02 Å². The molecule has 0 radical (unpaired) electrons. The van der Waals surface area contributed by atoms with Crippen molar-refractivity contribution >= 4 is 17.4 Å². The molecule has 0 bridgehead atoms. The minimum atomic E-state index is 0.0251. The number of benzene rings is 1. The van der Waals surface area contributed by atoms with Crippen molar-refractivity contribution in [1.29, 1.82) is 0 Å². The summed E-state index contributed by atoms with van der Waals surface area (Å²) in [4.78, 5) is 0. The predicted octanol–water partition coefficient (Wildman–Crippen LogP) is 3.71. The van der Waals surface area contributed by atoms with Gasteiger partial charge in [-0.3, -0.25) is 0 Å². The second-order valence-electron chi connectivity index (χ2n) is 5.24. The first kappa shape index (κ1) is 15.6. The number of aryl methyl sites for hydroxylation is 1. The average Bonchev–Trinajstić information content (AvgIpc) is 3.12. The highest BCUT2D eigenvalue weighted by Crippen LogP contribution is 2.26. The van der Waals surface area contributed by atoms with Crippen LogP contribution >= 0.6 is 11.6 Å². The van der Waals surface area contributed by atoms with Gasteiger partial charge in [0.15, 0.2) is 0 Å². The van der Waals surface area contributed by atoms with Crippen molar-refractivity contribution in [1.82, 2.24) is 9.78 Å². The molecular formula is C17H18ClN3O2. The summed E-state index contributed by atoms with van der Waals surface area (Å²) in [5, 5.41) is 17.8. The molecule has 120 valence electrons. The third-order valence-corrected chi connectivity index (χ3v) is 3.82. The van der Waals surface area contributed by atoms with Gasteiger partial charge >= 0.3 is 0 Å². The van der Waals surface area contributed by atoms with E-state index in [1.54, 1.807) is 10.9 Å². The van der Waals surface area contributed by atoms with Crippen LogP contribution < -0.4 is 5.32 Å². The van der Waals surface area contributed by atoms with E-state index in [1.165, 1.54) is 0 Å². The first-order valence-corrected chi connectivity index (χ1v) is 7.76. The van der Waals surface area contributed by atoms with E-state index in [0.717, 1.165) is 28.4 Å². The van der Waals surface area contributed by atoms with Crippen molar-refractivity contribution < 1.29 is 9.52 Å². The molecule has 2 aromatic heterocycles. The van der Waals surface area contributed by atoms with E-state index in [1.807, 2.05) is 43.3 Å². The van der Waals surface area contributed by atoms with Gasteiger partial charge in [-0.2, -0.15) is 5.10 Å². The molecule has 0 saturated carbocycles. The number of furan rings is 1. The fraction of sp³-hybridized carbons (Fsp3) is 0.235. The summed E-state index contributed by atoms with van der Waals surface area (Å²) < 4.78 is 7.09. The molecule has 2 heterocycles. The van der Waals surface area contributed by atoms with E-state index in [4.69, 9.17) is 16.0 Å². The summed E-state index contributed by atoms with van der Waals surface area (Å²) in [6.45, 7) is 2.98. The first-order chi connectivity index (χ1) is 11.2. The van der Waals surface area contributed by atoms with Crippen molar-refractivity contribution in [3.8, 4) is 11.3 Å². The fourth-order valence-corrected chi connectivity index (χ4v) is 2.66. The molecule has 0 aliphatic carbocycles. The summed E-state index contributed by atoms with van der Waals surface area (Å²) in [5.74, 6) is 1.66. The van der Waals surface area contributed by atoms with Crippen LogP contribution in [0.25, 0.3) is 11.3 Å². The Kier molecular flexibility index (Phi) is 4.69. The molecule has 0 amide bonds. The Morgan fingerprint density at radius 2 is 2.17 bits per heavy atom. The molecule has 6 heteroatoms. The summed E-state index contributed by atoms with van der Waals surface area (Å²) in [6, 6.07) is 11.5. The highest BCUT2D eigenvalue weighted by Gasteiger charge is 2.12. The van der Waals surface area contributed by atoms with Crippen LogP contribution in [0, 0.1) is 6.92 Å². The minimum absolute atomic E-state index is 0.0251. The van der Waals surface area contributed by atoms with Crippen LogP contribution in [0.15, 0.2) is 47.1 Å². The van der Waals surface area contributed by atoms with Crippen molar-refractivity contribution in [3.05, 3.63) is 59.0 Å². The lowest BCUT2D eigenvalue weighted by molar-refractivity contribution is 0.270. The van der Waals surface area contributed by atoms with E-state index in [-0.39, 0.29) is 6.61 Å². The monoisotopic (exact) mass is 331 g/mol. The lowest BCUT2D eigenvalue weighted by atomic mass is 10.2. The number of hydrogen-bond acceptors (Lipinski definition) is 4. The normalized spacial score (nSPS) is 10.9. The zero-order chi connectivity index (χ0) is 16.2. The molecule has 0 atom stereocenters. The van der Waals surface area contributed by atoms with Crippen molar-refractivity contribution in [2.45, 2.75) is 20.0 Å². The van der Waals surface area contributed by atoms with Gasteiger partial charge < -0.3 is 14.8 Å². The standard InChI is InChI=1S/C17H18ClN3O2/c1-12-15(5-8-23-12)16-10-17(21(20-16)6-7-22)19-11-13-3-2-4-14(18)9-13/h2-5,8-10,19,22H,6-7,11H2,1H3. The quantitative estimate of drug-likeness (QED) is 0.722. The van der Waals surface area contributed by atoms with Crippen LogP contribution in [0.4, 0.5) is 5.82 Å². The van der Waals surface area contributed by atoms with E-state index in [0.29, 0.717) is 18.1 Å². The molecule has 1 aromatic carbocycles. The number of aromatic nitrogens is 2. The highest BCUT2D eigenvalue weighted by molar-refractivity contribution is 6.30. The summed E-state index contributed by atoms with van der Waals surface area (Å²) >= 11 is 6.01. The maximum Gasteiger partial charge on any atom is 0.125 e. The van der Waals surface area contributed by atoms with Crippen molar-refractivity contribution in [3.63, 3.8) is 0 Å². The van der Waals surface area contributed by atoms with Crippen LogP contribution in [-0.4, -0.2) is 21.5 Å². The zero-order valence-electron chi connectivity index (χ0n) is 12.8. The van der Waals surface area contributed by atoms with Gasteiger partial charge in [-0.25, -0.2) is 4.68 Å². The highest BCUT2D eigenvalue weighted by atomic mass is 35.5. The van der Waals surface area contributed by atoms with Gasteiger partial charge in [0.25, 0.3) is 0 Å². The number of nitrogens with zero attached hydrogens (tertiary/aromatic N) is 2. The Balaban J connectivity index is 1.83. The topological polar surface area (TPSA) is 63.2 Å². The minimum Gasteiger partial charge on any atom is -0.469 e. The second-order valence-corrected chi connectivity index (χ2v) is 5.67. The van der Waals surface area contributed by atoms with Gasteiger partial charge in [0, 0.05) is 23.2 Å². The van der Waals surface area contributed by atoms with Crippen LogP contribution in [0.3, 0.4) is 0 Å². The Hall–Kier alpha value is -2.24. The average molecular weight is 332 g/mol. The maximum absolute atomic E-state index is 9.24.